The van der Waals surface area contributed by atoms with Gasteiger partial charge < -0.3 is 10.2 Å². The number of hydrogen-bond donors (Lipinski definition) is 1. The smallest absolute Gasteiger partial charge is 0.233 e. The number of carbonyl (C=O) groups is 2. The van der Waals surface area contributed by atoms with Crippen LogP contribution in [-0.4, -0.2) is 29.8 Å². The first-order valence-electron chi connectivity index (χ1n) is 7.75. The van der Waals surface area contributed by atoms with Crippen molar-refractivity contribution in [2.45, 2.75) is 39.5 Å². The molecule has 1 atom stereocenters. The summed E-state index contributed by atoms with van der Waals surface area (Å²) < 4.78 is 0. The number of anilines is 1. The van der Waals surface area contributed by atoms with Crippen LogP contribution in [-0.2, 0) is 16.0 Å². The molecule has 0 radical (unpaired) electrons. The second kappa shape index (κ2) is 7.25. The van der Waals surface area contributed by atoms with E-state index in [4.69, 9.17) is 0 Å². The van der Waals surface area contributed by atoms with E-state index in [0.29, 0.717) is 5.92 Å². The van der Waals surface area contributed by atoms with Crippen molar-refractivity contribution in [1.29, 1.82) is 0 Å². The fourth-order valence-corrected chi connectivity index (χ4v) is 2.81. The average molecular weight is 288 g/mol. The predicted octanol–water partition coefficient (Wildman–Crippen LogP) is 2.84. The molecule has 2 amide bonds. The quantitative estimate of drug-likeness (QED) is 0.866. The third-order valence-electron chi connectivity index (χ3n) is 3.99. The SMILES string of the molecule is CCc1ccccc1NC(=O)CC(=O)N1CCCC(C)C1. The maximum atomic E-state index is 12.2. The molecule has 1 aromatic rings. The minimum atomic E-state index is -0.223. The van der Waals surface area contributed by atoms with Crippen molar-refractivity contribution in [1.82, 2.24) is 4.90 Å². The molecule has 1 aromatic carbocycles. The highest BCUT2D eigenvalue weighted by Gasteiger charge is 2.22. The van der Waals surface area contributed by atoms with Crippen LogP contribution in [0.25, 0.3) is 0 Å². The Labute approximate surface area is 126 Å². The molecule has 4 nitrogen and oxygen atoms in total. The minimum Gasteiger partial charge on any atom is -0.342 e. The molecule has 1 unspecified atom stereocenters. The summed E-state index contributed by atoms with van der Waals surface area (Å²) in [5.74, 6) is 0.249. The summed E-state index contributed by atoms with van der Waals surface area (Å²) in [5.41, 5.74) is 1.90. The first kappa shape index (κ1) is 15.5. The van der Waals surface area contributed by atoms with Crippen LogP contribution < -0.4 is 5.32 Å². The molecule has 21 heavy (non-hydrogen) atoms. The predicted molar refractivity (Wildman–Crippen MR) is 84.0 cm³/mol. The summed E-state index contributed by atoms with van der Waals surface area (Å²) in [6.07, 6.45) is 2.99. The zero-order chi connectivity index (χ0) is 15.2. The van der Waals surface area contributed by atoms with Gasteiger partial charge in [-0.15, -0.1) is 0 Å². The van der Waals surface area contributed by atoms with Crippen LogP contribution in [0.1, 0.15) is 38.7 Å². The van der Waals surface area contributed by atoms with Crippen molar-refractivity contribution in [3.05, 3.63) is 29.8 Å². The molecular formula is C17H24N2O2. The molecular weight excluding hydrogens is 264 g/mol. The normalized spacial score (nSPS) is 18.4. The average Bonchev–Trinajstić information content (AvgIpc) is 2.47. The zero-order valence-corrected chi connectivity index (χ0v) is 12.9. The van der Waals surface area contributed by atoms with E-state index in [1.807, 2.05) is 36.1 Å². The number of likely N-dealkylation sites (tertiary alicyclic amines) is 1. The van der Waals surface area contributed by atoms with Gasteiger partial charge in [0.2, 0.25) is 11.8 Å². The lowest BCUT2D eigenvalue weighted by Gasteiger charge is -2.30. The molecule has 1 heterocycles. The molecule has 0 bridgehead atoms. The van der Waals surface area contributed by atoms with Crippen molar-refractivity contribution in [2.24, 2.45) is 5.92 Å². The molecule has 1 aliphatic rings. The molecule has 0 aromatic heterocycles. The van der Waals surface area contributed by atoms with Gasteiger partial charge in [-0.25, -0.2) is 0 Å². The van der Waals surface area contributed by atoms with E-state index in [2.05, 4.69) is 12.2 Å². The summed E-state index contributed by atoms with van der Waals surface area (Å²) in [6.45, 7) is 5.75. The number of nitrogens with zero attached hydrogens (tertiary/aromatic N) is 1. The Morgan fingerprint density at radius 3 is 2.81 bits per heavy atom. The van der Waals surface area contributed by atoms with Crippen LogP contribution in [0.2, 0.25) is 0 Å². The van der Waals surface area contributed by atoms with Gasteiger partial charge in [0.15, 0.2) is 0 Å². The van der Waals surface area contributed by atoms with Crippen LogP contribution in [0.5, 0.6) is 0 Å². The van der Waals surface area contributed by atoms with Gasteiger partial charge in [-0.3, -0.25) is 9.59 Å². The largest absolute Gasteiger partial charge is 0.342 e. The lowest BCUT2D eigenvalue weighted by Crippen LogP contribution is -2.40. The number of hydrogen-bond acceptors (Lipinski definition) is 2. The van der Waals surface area contributed by atoms with E-state index in [1.54, 1.807) is 0 Å². The van der Waals surface area contributed by atoms with Crippen LogP contribution in [0.3, 0.4) is 0 Å². The number of piperidine rings is 1. The highest BCUT2D eigenvalue weighted by atomic mass is 16.2. The maximum absolute atomic E-state index is 12.2. The number of benzene rings is 1. The van der Waals surface area contributed by atoms with Gasteiger partial charge in [0, 0.05) is 18.8 Å². The van der Waals surface area contributed by atoms with Crippen molar-refractivity contribution in [2.75, 3.05) is 18.4 Å². The first-order chi connectivity index (χ1) is 10.1. The summed E-state index contributed by atoms with van der Waals surface area (Å²) >= 11 is 0. The number of nitrogens with one attached hydrogen (secondary N) is 1. The van der Waals surface area contributed by atoms with E-state index in [1.165, 1.54) is 6.42 Å². The molecule has 0 spiro atoms. The van der Waals surface area contributed by atoms with Gasteiger partial charge in [-0.2, -0.15) is 0 Å². The topological polar surface area (TPSA) is 49.4 Å². The summed E-state index contributed by atoms with van der Waals surface area (Å²) in [5, 5.41) is 2.86. The van der Waals surface area contributed by atoms with E-state index < -0.39 is 0 Å². The van der Waals surface area contributed by atoms with Crippen LogP contribution in [0, 0.1) is 5.92 Å². The molecule has 4 heteroatoms. The Kier molecular flexibility index (Phi) is 5.37. The third kappa shape index (κ3) is 4.31. The molecule has 114 valence electrons. The number of amides is 2. The van der Waals surface area contributed by atoms with Crippen molar-refractivity contribution in [3.8, 4) is 0 Å². The molecule has 1 N–H and O–H groups in total. The third-order valence-corrected chi connectivity index (χ3v) is 3.99. The van der Waals surface area contributed by atoms with Crippen molar-refractivity contribution < 1.29 is 9.59 Å². The zero-order valence-electron chi connectivity index (χ0n) is 12.9. The summed E-state index contributed by atoms with van der Waals surface area (Å²) in [7, 11) is 0. The van der Waals surface area contributed by atoms with Crippen molar-refractivity contribution in [3.63, 3.8) is 0 Å². The van der Waals surface area contributed by atoms with Gasteiger partial charge >= 0.3 is 0 Å². The number of carbonyl (C=O) groups excluding carboxylic acids is 2. The second-order valence-corrected chi connectivity index (χ2v) is 5.82. The Bertz CT molecular complexity index is 513. The number of para-hydroxylation sites is 1. The van der Waals surface area contributed by atoms with Gasteiger partial charge in [-0.05, 0) is 36.8 Å². The molecule has 1 saturated heterocycles. The van der Waals surface area contributed by atoms with Gasteiger partial charge in [0.25, 0.3) is 0 Å². The van der Waals surface area contributed by atoms with Crippen molar-refractivity contribution >= 4 is 17.5 Å². The molecule has 0 saturated carbocycles. The Hall–Kier alpha value is -1.84. The maximum Gasteiger partial charge on any atom is 0.233 e. The standard InChI is InChI=1S/C17H24N2O2/c1-3-14-8-4-5-9-15(14)18-16(20)11-17(21)19-10-6-7-13(2)12-19/h4-5,8-9,13H,3,6-7,10-12H2,1-2H3,(H,18,20). The summed E-state index contributed by atoms with van der Waals surface area (Å²) in [6, 6.07) is 7.71. The molecule has 1 aliphatic heterocycles. The highest BCUT2D eigenvalue weighted by molar-refractivity contribution is 6.03. The Morgan fingerprint density at radius 2 is 2.10 bits per heavy atom. The number of rotatable bonds is 4. The first-order valence-corrected chi connectivity index (χ1v) is 7.75. The van der Waals surface area contributed by atoms with E-state index in [0.717, 1.165) is 37.2 Å². The molecule has 2 rings (SSSR count). The lowest BCUT2D eigenvalue weighted by atomic mass is 10.00. The number of aryl methyl sites for hydroxylation is 1. The monoisotopic (exact) mass is 288 g/mol. The van der Waals surface area contributed by atoms with Gasteiger partial charge in [0.05, 0.1) is 0 Å². The van der Waals surface area contributed by atoms with Crippen LogP contribution in [0.15, 0.2) is 24.3 Å². The molecule has 1 fully saturated rings. The van der Waals surface area contributed by atoms with E-state index in [-0.39, 0.29) is 18.2 Å². The highest BCUT2D eigenvalue weighted by Crippen LogP contribution is 2.18. The Morgan fingerprint density at radius 1 is 1.33 bits per heavy atom. The fourth-order valence-electron chi connectivity index (χ4n) is 2.81. The fraction of sp³-hybridized carbons (Fsp3) is 0.529. The lowest BCUT2D eigenvalue weighted by molar-refractivity contribution is -0.136. The second-order valence-electron chi connectivity index (χ2n) is 5.82. The Balaban J connectivity index is 1.90. The minimum absolute atomic E-state index is 0.0620. The van der Waals surface area contributed by atoms with Gasteiger partial charge in [0.1, 0.15) is 6.42 Å². The molecule has 0 aliphatic carbocycles. The summed E-state index contributed by atoms with van der Waals surface area (Å²) in [4.78, 5) is 26.0. The van der Waals surface area contributed by atoms with Crippen LogP contribution in [0.4, 0.5) is 5.69 Å². The van der Waals surface area contributed by atoms with E-state index in [9.17, 15) is 9.59 Å². The van der Waals surface area contributed by atoms with Gasteiger partial charge in [-0.1, -0.05) is 32.0 Å². The van der Waals surface area contributed by atoms with Crippen LogP contribution >= 0.6 is 0 Å². The van der Waals surface area contributed by atoms with E-state index >= 15 is 0 Å².